The summed E-state index contributed by atoms with van der Waals surface area (Å²) in [7, 11) is 0.0851. The second-order valence-electron chi connectivity index (χ2n) is 3.06. The van der Waals surface area contributed by atoms with Crippen molar-refractivity contribution in [3.05, 3.63) is 0 Å². The Balaban J connectivity index is 0. The fourth-order valence-electron chi connectivity index (χ4n) is 1.07. The molecule has 11 heavy (non-hydrogen) atoms. The number of hydrogen-bond acceptors (Lipinski definition) is 0. The molecule has 0 bridgehead atoms. The van der Waals surface area contributed by atoms with Crippen molar-refractivity contribution in [2.45, 2.75) is 39.0 Å². The average Bonchev–Trinajstić information content (AvgIpc) is 1.81. The van der Waals surface area contributed by atoms with Crippen LogP contribution in [0.15, 0.2) is 0 Å². The predicted octanol–water partition coefficient (Wildman–Crippen LogP) is 1.73. The third-order valence-corrected chi connectivity index (χ3v) is 4.80. The SMILES string of the molecule is B.C#CCP(C(C)C)C(C)C. The van der Waals surface area contributed by atoms with Gasteiger partial charge in [-0.3, -0.25) is 0 Å². The third-order valence-electron chi connectivity index (χ3n) is 1.60. The van der Waals surface area contributed by atoms with Crippen LogP contribution in [0.3, 0.4) is 0 Å². The minimum atomic E-state index is 0. The third kappa shape index (κ3) is 5.34. The van der Waals surface area contributed by atoms with Crippen LogP contribution in [0.5, 0.6) is 0 Å². The molecule has 0 saturated carbocycles. The minimum absolute atomic E-state index is 0. The van der Waals surface area contributed by atoms with Gasteiger partial charge in [0.05, 0.1) is 8.41 Å². The van der Waals surface area contributed by atoms with Crippen LogP contribution in [0.1, 0.15) is 27.7 Å². The van der Waals surface area contributed by atoms with Gasteiger partial charge >= 0.3 is 0 Å². The molecule has 0 radical (unpaired) electrons. The Morgan fingerprint density at radius 2 is 1.55 bits per heavy atom. The molecule has 0 spiro atoms. The first-order valence-electron chi connectivity index (χ1n) is 3.78. The van der Waals surface area contributed by atoms with Crippen LogP contribution in [0.25, 0.3) is 0 Å². The molecule has 0 nitrogen and oxygen atoms in total. The van der Waals surface area contributed by atoms with Gasteiger partial charge in [0.2, 0.25) is 0 Å². The van der Waals surface area contributed by atoms with Crippen LogP contribution in [-0.4, -0.2) is 25.9 Å². The molecule has 0 aliphatic carbocycles. The van der Waals surface area contributed by atoms with Crippen LogP contribution in [-0.2, 0) is 0 Å². The maximum absolute atomic E-state index is 5.27. The zero-order valence-corrected chi connectivity index (χ0v) is 8.28. The molecule has 0 rings (SSSR count). The Bertz CT molecular complexity index is 116. The molecule has 0 N–H and O–H groups in total. The highest BCUT2D eigenvalue weighted by molar-refractivity contribution is 7.59. The molecule has 0 atom stereocenters. The van der Waals surface area contributed by atoms with Crippen molar-refractivity contribution in [2.75, 3.05) is 6.16 Å². The summed E-state index contributed by atoms with van der Waals surface area (Å²) < 4.78 is 0. The first-order chi connectivity index (χ1) is 4.59. The zero-order chi connectivity index (χ0) is 8.15. The molecule has 0 aromatic carbocycles. The molecule has 0 heterocycles. The van der Waals surface area contributed by atoms with E-state index in [1.165, 1.54) is 0 Å². The Hall–Kier alpha value is 0.0549. The summed E-state index contributed by atoms with van der Waals surface area (Å²) in [5.74, 6) is 2.76. The number of hydrogen-bond donors (Lipinski definition) is 0. The molecule has 0 unspecified atom stereocenters. The summed E-state index contributed by atoms with van der Waals surface area (Å²) in [6.07, 6.45) is 6.26. The smallest absolute Gasteiger partial charge is 0.0814 e. The van der Waals surface area contributed by atoms with E-state index in [0.29, 0.717) is 0 Å². The normalized spacial score (nSPS) is 10.0. The second-order valence-corrected chi connectivity index (χ2v) is 6.47. The first-order valence-corrected chi connectivity index (χ1v) is 5.45. The van der Waals surface area contributed by atoms with Crippen LogP contribution in [0.4, 0.5) is 0 Å². The minimum Gasteiger partial charge on any atom is -0.120 e. The first kappa shape index (κ1) is 13.6. The van der Waals surface area contributed by atoms with E-state index in [4.69, 9.17) is 6.42 Å². The lowest BCUT2D eigenvalue weighted by molar-refractivity contribution is 1.01. The largest absolute Gasteiger partial charge is 0.120 e. The second kappa shape index (κ2) is 6.75. The van der Waals surface area contributed by atoms with Gasteiger partial charge in [-0.2, -0.15) is 0 Å². The Labute approximate surface area is 74.5 Å². The van der Waals surface area contributed by atoms with E-state index < -0.39 is 0 Å². The van der Waals surface area contributed by atoms with Gasteiger partial charge in [0, 0.05) is 6.16 Å². The van der Waals surface area contributed by atoms with Crippen LogP contribution in [0.2, 0.25) is 0 Å². The van der Waals surface area contributed by atoms with Gasteiger partial charge in [0.25, 0.3) is 0 Å². The van der Waals surface area contributed by atoms with Crippen molar-refractivity contribution in [1.82, 2.24) is 0 Å². The zero-order valence-electron chi connectivity index (χ0n) is 7.39. The number of rotatable bonds is 3. The van der Waals surface area contributed by atoms with Crippen molar-refractivity contribution < 1.29 is 0 Å². The monoisotopic (exact) mass is 170 g/mol. The predicted molar refractivity (Wildman–Crippen MR) is 60.8 cm³/mol. The number of terminal acetylenes is 1. The molecule has 0 fully saturated rings. The molecule has 0 aromatic rings. The van der Waals surface area contributed by atoms with Crippen molar-refractivity contribution in [3.63, 3.8) is 0 Å². The summed E-state index contributed by atoms with van der Waals surface area (Å²) in [6.45, 7) is 9.07. The molecule has 0 saturated heterocycles. The summed E-state index contributed by atoms with van der Waals surface area (Å²) in [5, 5.41) is 0. The highest BCUT2D eigenvalue weighted by Crippen LogP contribution is 2.44. The average molecular weight is 170 g/mol. The fourth-order valence-corrected chi connectivity index (χ4v) is 3.20. The van der Waals surface area contributed by atoms with Crippen molar-refractivity contribution in [3.8, 4) is 12.3 Å². The van der Waals surface area contributed by atoms with E-state index in [0.717, 1.165) is 17.5 Å². The molecule has 0 amide bonds. The maximum Gasteiger partial charge on any atom is 0.0814 e. The Kier molecular flexibility index (Phi) is 8.36. The van der Waals surface area contributed by atoms with Gasteiger partial charge in [-0.15, -0.1) is 12.3 Å². The van der Waals surface area contributed by atoms with Crippen molar-refractivity contribution in [1.29, 1.82) is 0 Å². The Morgan fingerprint density at radius 3 is 1.64 bits per heavy atom. The van der Waals surface area contributed by atoms with Crippen molar-refractivity contribution in [2.24, 2.45) is 0 Å². The Morgan fingerprint density at radius 1 is 1.18 bits per heavy atom. The summed E-state index contributed by atoms with van der Waals surface area (Å²) in [4.78, 5) is 0. The van der Waals surface area contributed by atoms with Crippen LogP contribution < -0.4 is 0 Å². The summed E-state index contributed by atoms with van der Waals surface area (Å²) in [6, 6.07) is 0. The molecular formula is C9H20BP. The lowest BCUT2D eigenvalue weighted by atomic mass is 10.5. The molecule has 64 valence electrons. The lowest BCUT2D eigenvalue weighted by Gasteiger charge is -2.23. The van der Waals surface area contributed by atoms with Gasteiger partial charge in [0.1, 0.15) is 0 Å². The van der Waals surface area contributed by atoms with Gasteiger partial charge in [-0.1, -0.05) is 35.6 Å². The van der Waals surface area contributed by atoms with E-state index in [9.17, 15) is 0 Å². The van der Waals surface area contributed by atoms with Crippen LogP contribution >= 0.6 is 7.92 Å². The van der Waals surface area contributed by atoms with Crippen molar-refractivity contribution >= 4 is 16.3 Å². The van der Waals surface area contributed by atoms with Gasteiger partial charge < -0.3 is 0 Å². The maximum atomic E-state index is 5.27. The van der Waals surface area contributed by atoms with Crippen LogP contribution in [0, 0.1) is 12.3 Å². The van der Waals surface area contributed by atoms with E-state index >= 15 is 0 Å². The van der Waals surface area contributed by atoms with E-state index in [1.54, 1.807) is 0 Å². The summed E-state index contributed by atoms with van der Waals surface area (Å²) >= 11 is 0. The quantitative estimate of drug-likeness (QED) is 0.343. The fraction of sp³-hybridized carbons (Fsp3) is 0.778. The van der Waals surface area contributed by atoms with Gasteiger partial charge in [0.15, 0.2) is 0 Å². The lowest BCUT2D eigenvalue weighted by Crippen LogP contribution is -2.05. The molecule has 0 aliphatic heterocycles. The van der Waals surface area contributed by atoms with Gasteiger partial charge in [-0.25, -0.2) is 0 Å². The molecular weight excluding hydrogens is 150 g/mol. The van der Waals surface area contributed by atoms with E-state index in [-0.39, 0.29) is 16.3 Å². The highest BCUT2D eigenvalue weighted by atomic mass is 31.1. The van der Waals surface area contributed by atoms with E-state index in [2.05, 4.69) is 33.6 Å². The summed E-state index contributed by atoms with van der Waals surface area (Å²) in [5.41, 5.74) is 1.57. The molecule has 2 heteroatoms. The van der Waals surface area contributed by atoms with E-state index in [1.807, 2.05) is 0 Å². The standard InChI is InChI=1S/C9H17P.BH3/c1-6-7-10(8(2)3)9(4)5;/h1,8-9H,7H2,2-5H3;1H3. The van der Waals surface area contributed by atoms with Gasteiger partial charge in [-0.05, 0) is 11.3 Å². The topological polar surface area (TPSA) is 0 Å². The molecule has 0 aliphatic rings. The molecule has 0 aromatic heterocycles. The highest BCUT2D eigenvalue weighted by Gasteiger charge is 2.14.